The summed E-state index contributed by atoms with van der Waals surface area (Å²) < 4.78 is 0. The van der Waals surface area contributed by atoms with Gasteiger partial charge in [-0.05, 0) is 35.1 Å². The van der Waals surface area contributed by atoms with Gasteiger partial charge in [-0.25, -0.2) is 0 Å². The average Bonchev–Trinajstić information content (AvgIpc) is 2.38. The monoisotopic (exact) mass is 238 g/mol. The average molecular weight is 238 g/mol. The molecule has 0 fully saturated rings. The zero-order valence-corrected chi connectivity index (χ0v) is 11.8. The van der Waals surface area contributed by atoms with Gasteiger partial charge in [0.05, 0.1) is 0 Å². The molecule has 0 aromatic heterocycles. The Balaban J connectivity index is 2.48. The van der Waals surface area contributed by atoms with E-state index in [1.165, 1.54) is 22.3 Å². The molecule has 2 aromatic carbocycles. The quantitative estimate of drug-likeness (QED) is 0.683. The molecule has 2 rings (SSSR count). The Morgan fingerprint density at radius 3 is 2.06 bits per heavy atom. The highest BCUT2D eigenvalue weighted by Crippen LogP contribution is 2.32. The first kappa shape index (κ1) is 12.9. The Labute approximate surface area is 111 Å². The van der Waals surface area contributed by atoms with Crippen LogP contribution in [-0.2, 0) is 0 Å². The molecule has 0 spiro atoms. The maximum Gasteiger partial charge on any atom is 0.00639 e. The molecule has 2 aromatic rings. The molecule has 94 valence electrons. The van der Waals surface area contributed by atoms with E-state index in [1.807, 2.05) is 0 Å². The second-order valence-corrected chi connectivity index (χ2v) is 5.36. The lowest BCUT2D eigenvalue weighted by molar-refractivity contribution is 0.804. The van der Waals surface area contributed by atoms with Crippen LogP contribution >= 0.6 is 0 Å². The molecule has 0 radical (unpaired) electrons. The van der Waals surface area contributed by atoms with Crippen molar-refractivity contribution in [3.63, 3.8) is 0 Å². The van der Waals surface area contributed by atoms with Gasteiger partial charge in [-0.1, -0.05) is 69.3 Å². The summed E-state index contributed by atoms with van der Waals surface area (Å²) in [6, 6.07) is 17.4. The highest BCUT2D eigenvalue weighted by Gasteiger charge is 2.15. The summed E-state index contributed by atoms with van der Waals surface area (Å²) in [5, 5.41) is 0. The van der Waals surface area contributed by atoms with Crippen LogP contribution in [0.1, 0.15) is 54.9 Å². The third kappa shape index (κ3) is 2.48. The number of benzene rings is 2. The lowest BCUT2D eigenvalue weighted by Crippen LogP contribution is -2.04. The molecule has 1 atom stereocenters. The Morgan fingerprint density at radius 2 is 1.44 bits per heavy atom. The van der Waals surface area contributed by atoms with Crippen molar-refractivity contribution in [2.45, 2.75) is 39.5 Å². The third-order valence-corrected chi connectivity index (χ3v) is 3.70. The molecule has 0 aliphatic rings. The molecular formula is C18H22. The number of hydrogen-bond acceptors (Lipinski definition) is 0. The van der Waals surface area contributed by atoms with E-state index in [4.69, 9.17) is 0 Å². The molecule has 0 heterocycles. The fraction of sp³-hybridized carbons (Fsp3) is 0.333. The van der Waals surface area contributed by atoms with Crippen molar-refractivity contribution in [2.24, 2.45) is 0 Å². The summed E-state index contributed by atoms with van der Waals surface area (Å²) in [6.45, 7) is 9.08. The summed E-state index contributed by atoms with van der Waals surface area (Å²) in [4.78, 5) is 0. The molecule has 0 amide bonds. The minimum absolute atomic E-state index is 0.462. The minimum Gasteiger partial charge on any atom is -0.0622 e. The molecule has 0 bridgehead atoms. The van der Waals surface area contributed by atoms with Crippen LogP contribution in [0.3, 0.4) is 0 Å². The second kappa shape index (κ2) is 5.39. The predicted molar refractivity (Wildman–Crippen MR) is 79.2 cm³/mol. The first-order valence-corrected chi connectivity index (χ1v) is 6.75. The fourth-order valence-corrected chi connectivity index (χ4v) is 2.79. The first-order chi connectivity index (χ1) is 8.61. The van der Waals surface area contributed by atoms with Gasteiger partial charge in [-0.3, -0.25) is 0 Å². The van der Waals surface area contributed by atoms with Crippen LogP contribution in [0, 0.1) is 6.92 Å². The van der Waals surface area contributed by atoms with Crippen molar-refractivity contribution in [3.05, 3.63) is 70.8 Å². The first-order valence-electron chi connectivity index (χ1n) is 6.75. The summed E-state index contributed by atoms with van der Waals surface area (Å²) in [6.07, 6.45) is 0. The van der Waals surface area contributed by atoms with Crippen molar-refractivity contribution < 1.29 is 0 Å². The van der Waals surface area contributed by atoms with Gasteiger partial charge in [0.1, 0.15) is 0 Å². The van der Waals surface area contributed by atoms with Crippen LogP contribution in [-0.4, -0.2) is 0 Å². The van der Waals surface area contributed by atoms with E-state index in [1.54, 1.807) is 0 Å². The molecule has 0 nitrogen and oxygen atoms in total. The van der Waals surface area contributed by atoms with E-state index < -0.39 is 0 Å². The standard InChI is InChI=1S/C18H22/c1-13(2)18-14(3)9-8-12-17(18)15(4)16-10-6-5-7-11-16/h5-13,15H,1-4H3. The Kier molecular flexibility index (Phi) is 3.86. The predicted octanol–water partition coefficient (Wildman–Crippen LogP) is 5.27. The van der Waals surface area contributed by atoms with Crippen LogP contribution in [0.15, 0.2) is 48.5 Å². The zero-order valence-electron chi connectivity index (χ0n) is 11.8. The van der Waals surface area contributed by atoms with Gasteiger partial charge in [0.2, 0.25) is 0 Å². The van der Waals surface area contributed by atoms with Crippen LogP contribution in [0.25, 0.3) is 0 Å². The van der Waals surface area contributed by atoms with Crippen molar-refractivity contribution in [1.82, 2.24) is 0 Å². The van der Waals surface area contributed by atoms with Gasteiger partial charge >= 0.3 is 0 Å². The van der Waals surface area contributed by atoms with E-state index in [9.17, 15) is 0 Å². The highest BCUT2D eigenvalue weighted by molar-refractivity contribution is 5.43. The maximum atomic E-state index is 2.30. The molecule has 18 heavy (non-hydrogen) atoms. The van der Waals surface area contributed by atoms with E-state index in [-0.39, 0.29) is 0 Å². The minimum atomic E-state index is 0.462. The zero-order chi connectivity index (χ0) is 13.1. The van der Waals surface area contributed by atoms with Crippen molar-refractivity contribution in [1.29, 1.82) is 0 Å². The lowest BCUT2D eigenvalue weighted by Gasteiger charge is -2.21. The lowest BCUT2D eigenvalue weighted by atomic mass is 9.84. The van der Waals surface area contributed by atoms with Crippen molar-refractivity contribution in [3.8, 4) is 0 Å². The summed E-state index contributed by atoms with van der Waals surface area (Å²) in [5.41, 5.74) is 5.78. The molecule has 0 heteroatoms. The maximum absolute atomic E-state index is 2.30. The van der Waals surface area contributed by atoms with Crippen molar-refractivity contribution in [2.75, 3.05) is 0 Å². The fourth-order valence-electron chi connectivity index (χ4n) is 2.79. The second-order valence-electron chi connectivity index (χ2n) is 5.36. The molecular weight excluding hydrogens is 216 g/mol. The summed E-state index contributed by atoms with van der Waals surface area (Å²) >= 11 is 0. The topological polar surface area (TPSA) is 0 Å². The molecule has 1 unspecified atom stereocenters. The van der Waals surface area contributed by atoms with Crippen molar-refractivity contribution >= 4 is 0 Å². The molecule has 0 saturated heterocycles. The van der Waals surface area contributed by atoms with Gasteiger partial charge in [-0.2, -0.15) is 0 Å². The summed E-state index contributed by atoms with van der Waals surface area (Å²) in [7, 11) is 0. The van der Waals surface area contributed by atoms with Crippen LogP contribution in [0.2, 0.25) is 0 Å². The van der Waals surface area contributed by atoms with E-state index in [0.29, 0.717) is 11.8 Å². The molecule has 0 aliphatic carbocycles. The summed E-state index contributed by atoms with van der Waals surface area (Å²) in [5.74, 6) is 1.04. The Hall–Kier alpha value is -1.56. The van der Waals surface area contributed by atoms with Gasteiger partial charge in [0.15, 0.2) is 0 Å². The van der Waals surface area contributed by atoms with E-state index in [2.05, 4.69) is 76.2 Å². The molecule has 0 N–H and O–H groups in total. The highest BCUT2D eigenvalue weighted by atomic mass is 14.2. The molecule has 0 saturated carbocycles. The van der Waals surface area contributed by atoms with Crippen LogP contribution in [0.4, 0.5) is 0 Å². The normalized spacial score (nSPS) is 12.7. The smallest absolute Gasteiger partial charge is 0.00639 e. The molecule has 0 aliphatic heterocycles. The van der Waals surface area contributed by atoms with Gasteiger partial charge in [-0.15, -0.1) is 0 Å². The largest absolute Gasteiger partial charge is 0.0622 e. The van der Waals surface area contributed by atoms with Crippen LogP contribution < -0.4 is 0 Å². The van der Waals surface area contributed by atoms with Crippen LogP contribution in [0.5, 0.6) is 0 Å². The van der Waals surface area contributed by atoms with Gasteiger partial charge in [0, 0.05) is 5.92 Å². The van der Waals surface area contributed by atoms with E-state index >= 15 is 0 Å². The number of aryl methyl sites for hydroxylation is 1. The number of hydrogen-bond donors (Lipinski definition) is 0. The Bertz CT molecular complexity index is 509. The third-order valence-electron chi connectivity index (χ3n) is 3.70. The van der Waals surface area contributed by atoms with Gasteiger partial charge < -0.3 is 0 Å². The van der Waals surface area contributed by atoms with E-state index in [0.717, 1.165) is 0 Å². The number of rotatable bonds is 3. The SMILES string of the molecule is Cc1cccc(C(C)c2ccccc2)c1C(C)C. The Morgan fingerprint density at radius 1 is 0.778 bits per heavy atom. The van der Waals surface area contributed by atoms with Gasteiger partial charge in [0.25, 0.3) is 0 Å².